The van der Waals surface area contributed by atoms with Gasteiger partial charge in [0.25, 0.3) is 0 Å². The summed E-state index contributed by atoms with van der Waals surface area (Å²) in [6.07, 6.45) is 0.845. The fourth-order valence-electron chi connectivity index (χ4n) is 1.92. The van der Waals surface area contributed by atoms with E-state index in [1.54, 1.807) is 0 Å². The van der Waals surface area contributed by atoms with Crippen LogP contribution in [0.15, 0.2) is 24.3 Å². The zero-order chi connectivity index (χ0) is 12.2. The number of ether oxygens (including phenoxy) is 1. The van der Waals surface area contributed by atoms with Gasteiger partial charge in [-0.25, -0.2) is 0 Å². The highest BCUT2D eigenvalue weighted by Gasteiger charge is 2.22. The molecule has 0 aliphatic rings. The number of carbonyl (C=O) groups excluding carboxylic acids is 1. The van der Waals surface area contributed by atoms with Crippen molar-refractivity contribution in [2.45, 2.75) is 39.5 Å². The van der Waals surface area contributed by atoms with Crippen molar-refractivity contribution in [3.8, 4) is 0 Å². The number of carbonyl (C=O) groups is 1. The summed E-state index contributed by atoms with van der Waals surface area (Å²) < 4.78 is 5.00. The van der Waals surface area contributed by atoms with E-state index in [9.17, 15) is 4.79 Å². The van der Waals surface area contributed by atoms with Gasteiger partial charge in [-0.3, -0.25) is 4.79 Å². The predicted molar refractivity (Wildman–Crippen MR) is 65.5 cm³/mol. The fourth-order valence-corrected chi connectivity index (χ4v) is 1.92. The zero-order valence-electron chi connectivity index (χ0n) is 10.5. The molecule has 1 aromatic carbocycles. The molecule has 0 aromatic heterocycles. The third-order valence-electron chi connectivity index (χ3n) is 2.91. The smallest absolute Gasteiger partial charge is 0.302 e. The van der Waals surface area contributed by atoms with Gasteiger partial charge in [0.05, 0.1) is 6.61 Å². The average molecular weight is 220 g/mol. The largest absolute Gasteiger partial charge is 0.466 e. The summed E-state index contributed by atoms with van der Waals surface area (Å²) >= 11 is 0. The lowest BCUT2D eigenvalue weighted by molar-refractivity contribution is -0.141. The van der Waals surface area contributed by atoms with Crippen molar-refractivity contribution < 1.29 is 9.53 Å². The second kappa shape index (κ2) is 5.15. The summed E-state index contributed by atoms with van der Waals surface area (Å²) in [6, 6.07) is 8.35. The Labute approximate surface area is 97.6 Å². The summed E-state index contributed by atoms with van der Waals surface area (Å²) in [6.45, 7) is 8.40. The van der Waals surface area contributed by atoms with Crippen LogP contribution in [0.4, 0.5) is 0 Å². The van der Waals surface area contributed by atoms with Gasteiger partial charge < -0.3 is 4.74 Å². The Morgan fingerprint density at radius 2 is 1.94 bits per heavy atom. The summed E-state index contributed by atoms with van der Waals surface area (Å²) in [5, 5.41) is 0. The van der Waals surface area contributed by atoms with Crippen LogP contribution in [0.5, 0.6) is 0 Å². The second-order valence-corrected chi connectivity index (χ2v) is 4.79. The SMILES string of the molecule is CC(=O)OCCC(C)(C)c1ccccc1C. The highest BCUT2D eigenvalue weighted by molar-refractivity contribution is 5.65. The van der Waals surface area contributed by atoms with Gasteiger partial charge in [0.2, 0.25) is 0 Å². The van der Waals surface area contributed by atoms with Crippen LogP contribution in [0.25, 0.3) is 0 Å². The van der Waals surface area contributed by atoms with E-state index in [2.05, 4.69) is 39.0 Å². The predicted octanol–water partition coefficient (Wildman–Crippen LogP) is 3.23. The van der Waals surface area contributed by atoms with Crippen LogP contribution < -0.4 is 0 Å². The molecule has 0 saturated heterocycles. The van der Waals surface area contributed by atoms with Crippen molar-refractivity contribution in [2.24, 2.45) is 0 Å². The minimum atomic E-state index is -0.208. The molecule has 0 fully saturated rings. The monoisotopic (exact) mass is 220 g/mol. The first kappa shape index (κ1) is 12.8. The van der Waals surface area contributed by atoms with Gasteiger partial charge in [0.1, 0.15) is 0 Å². The van der Waals surface area contributed by atoms with E-state index in [0.717, 1.165) is 6.42 Å². The van der Waals surface area contributed by atoms with Gasteiger partial charge in [0.15, 0.2) is 0 Å². The maximum Gasteiger partial charge on any atom is 0.302 e. The van der Waals surface area contributed by atoms with Crippen molar-refractivity contribution in [2.75, 3.05) is 6.61 Å². The van der Waals surface area contributed by atoms with Gasteiger partial charge in [-0.2, -0.15) is 0 Å². The molecular weight excluding hydrogens is 200 g/mol. The van der Waals surface area contributed by atoms with Gasteiger partial charge in [-0.1, -0.05) is 38.1 Å². The average Bonchev–Trinajstić information content (AvgIpc) is 2.17. The van der Waals surface area contributed by atoms with E-state index >= 15 is 0 Å². The minimum absolute atomic E-state index is 0.0425. The highest BCUT2D eigenvalue weighted by Crippen LogP contribution is 2.29. The molecule has 0 atom stereocenters. The van der Waals surface area contributed by atoms with Crippen LogP contribution in [0, 0.1) is 6.92 Å². The molecular formula is C14H20O2. The van der Waals surface area contributed by atoms with Crippen molar-refractivity contribution in [1.29, 1.82) is 0 Å². The maximum absolute atomic E-state index is 10.7. The summed E-state index contributed by atoms with van der Waals surface area (Å²) in [5.74, 6) is -0.208. The number of rotatable bonds is 4. The summed E-state index contributed by atoms with van der Waals surface area (Å²) in [4.78, 5) is 10.7. The lowest BCUT2D eigenvalue weighted by atomic mass is 9.79. The van der Waals surface area contributed by atoms with E-state index in [1.807, 2.05) is 6.07 Å². The molecule has 0 bridgehead atoms. The molecule has 0 amide bonds. The molecule has 88 valence electrons. The van der Waals surface area contributed by atoms with E-state index < -0.39 is 0 Å². The van der Waals surface area contributed by atoms with Gasteiger partial charge >= 0.3 is 5.97 Å². The molecule has 0 aliphatic carbocycles. The summed E-state index contributed by atoms with van der Waals surface area (Å²) in [7, 11) is 0. The number of hydrogen-bond acceptors (Lipinski definition) is 2. The molecule has 0 N–H and O–H groups in total. The third-order valence-corrected chi connectivity index (χ3v) is 2.91. The molecule has 0 aliphatic heterocycles. The maximum atomic E-state index is 10.7. The normalized spacial score (nSPS) is 11.2. The van der Waals surface area contributed by atoms with Crippen LogP contribution in [0.2, 0.25) is 0 Å². The number of hydrogen-bond donors (Lipinski definition) is 0. The van der Waals surface area contributed by atoms with Crippen LogP contribution >= 0.6 is 0 Å². The quantitative estimate of drug-likeness (QED) is 0.728. The number of esters is 1. The Morgan fingerprint density at radius 1 is 1.31 bits per heavy atom. The second-order valence-electron chi connectivity index (χ2n) is 4.79. The molecule has 2 nitrogen and oxygen atoms in total. The van der Waals surface area contributed by atoms with Crippen LogP contribution in [-0.4, -0.2) is 12.6 Å². The molecule has 0 heterocycles. The Hall–Kier alpha value is -1.31. The van der Waals surface area contributed by atoms with Crippen molar-refractivity contribution in [3.05, 3.63) is 35.4 Å². The van der Waals surface area contributed by atoms with E-state index in [4.69, 9.17) is 4.74 Å². The van der Waals surface area contributed by atoms with Crippen molar-refractivity contribution in [1.82, 2.24) is 0 Å². The molecule has 0 unspecified atom stereocenters. The molecule has 1 aromatic rings. The fraction of sp³-hybridized carbons (Fsp3) is 0.500. The first-order valence-corrected chi connectivity index (χ1v) is 5.63. The first-order chi connectivity index (χ1) is 7.43. The lowest BCUT2D eigenvalue weighted by Crippen LogP contribution is -2.21. The van der Waals surface area contributed by atoms with Crippen LogP contribution in [0.1, 0.15) is 38.3 Å². The standard InChI is InChI=1S/C14H20O2/c1-11-7-5-6-8-13(11)14(3,4)9-10-16-12(2)15/h5-8H,9-10H2,1-4H3. The molecule has 0 saturated carbocycles. The molecule has 16 heavy (non-hydrogen) atoms. The molecule has 0 radical (unpaired) electrons. The number of aryl methyl sites for hydroxylation is 1. The van der Waals surface area contributed by atoms with Crippen LogP contribution in [0.3, 0.4) is 0 Å². The van der Waals surface area contributed by atoms with Crippen molar-refractivity contribution >= 4 is 5.97 Å². The minimum Gasteiger partial charge on any atom is -0.466 e. The summed E-state index contributed by atoms with van der Waals surface area (Å²) in [5.41, 5.74) is 2.65. The Kier molecular flexibility index (Phi) is 4.11. The highest BCUT2D eigenvalue weighted by atomic mass is 16.5. The topological polar surface area (TPSA) is 26.3 Å². The number of benzene rings is 1. The van der Waals surface area contributed by atoms with E-state index in [-0.39, 0.29) is 11.4 Å². The molecule has 0 spiro atoms. The first-order valence-electron chi connectivity index (χ1n) is 5.63. The third kappa shape index (κ3) is 3.37. The van der Waals surface area contributed by atoms with E-state index in [0.29, 0.717) is 6.61 Å². The molecule has 1 rings (SSSR count). The van der Waals surface area contributed by atoms with Gasteiger partial charge in [-0.15, -0.1) is 0 Å². The molecule has 2 heteroatoms. The van der Waals surface area contributed by atoms with Gasteiger partial charge in [0, 0.05) is 6.92 Å². The van der Waals surface area contributed by atoms with Crippen molar-refractivity contribution in [3.63, 3.8) is 0 Å². The Bertz CT molecular complexity index is 367. The van der Waals surface area contributed by atoms with Crippen LogP contribution in [-0.2, 0) is 14.9 Å². The Balaban J connectivity index is 2.70. The van der Waals surface area contributed by atoms with Gasteiger partial charge in [-0.05, 0) is 29.9 Å². The van der Waals surface area contributed by atoms with E-state index in [1.165, 1.54) is 18.1 Å². The lowest BCUT2D eigenvalue weighted by Gasteiger charge is -2.26. The Morgan fingerprint density at radius 3 is 2.50 bits per heavy atom. The zero-order valence-corrected chi connectivity index (χ0v) is 10.5.